The lowest BCUT2D eigenvalue weighted by Crippen LogP contribution is -2.45. The van der Waals surface area contributed by atoms with E-state index in [0.717, 1.165) is 16.9 Å². The normalized spacial score (nSPS) is 18.0. The van der Waals surface area contributed by atoms with Crippen molar-refractivity contribution in [3.8, 4) is 5.75 Å². The molecular weight excluding hydrogens is 436 g/mol. The first kappa shape index (κ1) is 22.9. The molecule has 0 saturated carbocycles. The summed E-state index contributed by atoms with van der Waals surface area (Å²) in [4.78, 5) is 28.4. The Labute approximate surface area is 199 Å². The molecule has 0 aliphatic carbocycles. The minimum Gasteiger partial charge on any atom is -0.497 e. The summed E-state index contributed by atoms with van der Waals surface area (Å²) in [6, 6.07) is 22.3. The number of ether oxygens (including phenoxy) is 1. The number of benzene rings is 3. The predicted octanol–water partition coefficient (Wildman–Crippen LogP) is 5.89. The summed E-state index contributed by atoms with van der Waals surface area (Å²) in [6.07, 6.45) is 1.41. The van der Waals surface area contributed by atoms with Gasteiger partial charge in [-0.3, -0.25) is 9.59 Å². The van der Waals surface area contributed by atoms with Crippen molar-refractivity contribution in [3.63, 3.8) is 0 Å². The Morgan fingerprint density at radius 2 is 1.73 bits per heavy atom. The Bertz CT molecular complexity index is 1130. The van der Waals surface area contributed by atoms with Gasteiger partial charge in [-0.15, -0.1) is 0 Å². The number of aryl methyl sites for hydroxylation is 1. The summed E-state index contributed by atoms with van der Waals surface area (Å²) < 4.78 is 5.18. The highest BCUT2D eigenvalue weighted by Gasteiger charge is 2.36. The van der Waals surface area contributed by atoms with E-state index in [-0.39, 0.29) is 23.8 Å². The van der Waals surface area contributed by atoms with E-state index in [2.05, 4.69) is 17.4 Å². The number of hydrogen-bond acceptors (Lipinski definition) is 3. The molecule has 3 aromatic carbocycles. The second kappa shape index (κ2) is 10.1. The molecule has 0 spiro atoms. The van der Waals surface area contributed by atoms with E-state index < -0.39 is 0 Å². The third kappa shape index (κ3) is 5.37. The third-order valence-electron chi connectivity index (χ3n) is 6.09. The Balaban J connectivity index is 1.56. The maximum absolute atomic E-state index is 13.5. The number of likely N-dealkylation sites (tertiary alicyclic amines) is 1. The third-order valence-corrected chi connectivity index (χ3v) is 6.34. The van der Waals surface area contributed by atoms with Crippen molar-refractivity contribution in [2.24, 2.45) is 5.92 Å². The molecule has 1 aliphatic heterocycles. The van der Waals surface area contributed by atoms with Crippen LogP contribution in [-0.2, 0) is 4.79 Å². The quantitative estimate of drug-likeness (QED) is 0.514. The first-order valence-electron chi connectivity index (χ1n) is 11.0. The standard InChI is InChI=1S/C27H27ClN2O3/c1-18-4-3-5-20(16-18)25-15-8-21(26(31)29-23-11-13-24(33-2)14-12-23)17-30(25)27(32)19-6-9-22(28)10-7-19/h3-7,9-14,16,21,25H,8,15,17H2,1-2H3,(H,29,31)/t21-,25+/m1/s1. The molecule has 3 aromatic rings. The molecule has 1 saturated heterocycles. The van der Waals surface area contributed by atoms with Gasteiger partial charge in [-0.1, -0.05) is 41.4 Å². The van der Waals surface area contributed by atoms with Crippen molar-refractivity contribution in [1.82, 2.24) is 4.90 Å². The maximum atomic E-state index is 13.5. The van der Waals surface area contributed by atoms with E-state index in [1.807, 2.05) is 36.1 Å². The summed E-state index contributed by atoms with van der Waals surface area (Å²) in [5.74, 6) is 0.243. The van der Waals surface area contributed by atoms with Crippen molar-refractivity contribution in [1.29, 1.82) is 0 Å². The van der Waals surface area contributed by atoms with Gasteiger partial charge in [0.1, 0.15) is 5.75 Å². The SMILES string of the molecule is COc1ccc(NC(=O)[C@@H]2CC[C@@H](c3cccc(C)c3)N(C(=O)c3ccc(Cl)cc3)C2)cc1. The maximum Gasteiger partial charge on any atom is 0.254 e. The zero-order chi connectivity index (χ0) is 23.4. The zero-order valence-electron chi connectivity index (χ0n) is 18.8. The molecule has 2 amide bonds. The Kier molecular flexibility index (Phi) is 6.99. The zero-order valence-corrected chi connectivity index (χ0v) is 19.5. The van der Waals surface area contributed by atoms with Crippen LogP contribution in [0.5, 0.6) is 5.75 Å². The van der Waals surface area contributed by atoms with Crippen LogP contribution in [0, 0.1) is 12.8 Å². The van der Waals surface area contributed by atoms with Gasteiger partial charge in [0, 0.05) is 22.8 Å². The summed E-state index contributed by atoms with van der Waals surface area (Å²) in [5.41, 5.74) is 3.50. The molecule has 4 rings (SSSR count). The van der Waals surface area contributed by atoms with Gasteiger partial charge in [-0.05, 0) is 73.9 Å². The lowest BCUT2D eigenvalue weighted by molar-refractivity contribution is -0.121. The van der Waals surface area contributed by atoms with Crippen molar-refractivity contribution >= 4 is 29.1 Å². The van der Waals surface area contributed by atoms with Crippen LogP contribution in [-0.4, -0.2) is 30.4 Å². The van der Waals surface area contributed by atoms with Crippen molar-refractivity contribution in [3.05, 3.63) is 94.5 Å². The average Bonchev–Trinajstić information content (AvgIpc) is 2.84. The topological polar surface area (TPSA) is 58.6 Å². The Morgan fingerprint density at radius 1 is 1.00 bits per heavy atom. The smallest absolute Gasteiger partial charge is 0.254 e. The fourth-order valence-corrected chi connectivity index (χ4v) is 4.44. The van der Waals surface area contributed by atoms with Crippen LogP contribution in [0.3, 0.4) is 0 Å². The minimum absolute atomic E-state index is 0.0851. The number of amides is 2. The molecule has 1 N–H and O–H groups in total. The van der Waals surface area contributed by atoms with Crippen molar-refractivity contribution in [2.45, 2.75) is 25.8 Å². The molecule has 2 atom stereocenters. The molecule has 0 bridgehead atoms. The molecule has 0 unspecified atom stereocenters. The van der Waals surface area contributed by atoms with Crippen LogP contribution in [0.4, 0.5) is 5.69 Å². The summed E-state index contributed by atoms with van der Waals surface area (Å²) >= 11 is 6.02. The molecule has 0 radical (unpaired) electrons. The monoisotopic (exact) mass is 462 g/mol. The molecule has 1 heterocycles. The summed E-state index contributed by atoms with van der Waals surface area (Å²) in [5, 5.41) is 3.56. The van der Waals surface area contributed by atoms with Crippen molar-refractivity contribution < 1.29 is 14.3 Å². The number of rotatable bonds is 5. The van der Waals surface area contributed by atoms with Gasteiger partial charge in [0.15, 0.2) is 0 Å². The summed E-state index contributed by atoms with van der Waals surface area (Å²) in [7, 11) is 1.60. The molecule has 33 heavy (non-hydrogen) atoms. The second-order valence-electron chi connectivity index (χ2n) is 8.39. The number of nitrogens with one attached hydrogen (secondary N) is 1. The van der Waals surface area contributed by atoms with Gasteiger partial charge in [-0.2, -0.15) is 0 Å². The van der Waals surface area contributed by atoms with Crippen LogP contribution in [0.15, 0.2) is 72.8 Å². The molecule has 6 heteroatoms. The van der Waals surface area contributed by atoms with E-state index in [9.17, 15) is 9.59 Å². The molecule has 0 aromatic heterocycles. The largest absolute Gasteiger partial charge is 0.497 e. The van der Waals surface area contributed by atoms with Gasteiger partial charge < -0.3 is 15.0 Å². The molecule has 170 valence electrons. The van der Waals surface area contributed by atoms with Crippen LogP contribution >= 0.6 is 11.6 Å². The minimum atomic E-state index is -0.301. The fourth-order valence-electron chi connectivity index (χ4n) is 4.31. The van der Waals surface area contributed by atoms with Gasteiger partial charge in [0.2, 0.25) is 5.91 Å². The lowest BCUT2D eigenvalue weighted by atomic mass is 9.87. The van der Waals surface area contributed by atoms with Gasteiger partial charge in [0.25, 0.3) is 5.91 Å². The number of carbonyl (C=O) groups is 2. The highest BCUT2D eigenvalue weighted by molar-refractivity contribution is 6.30. The highest BCUT2D eigenvalue weighted by atomic mass is 35.5. The van der Waals surface area contributed by atoms with Crippen LogP contribution in [0.2, 0.25) is 5.02 Å². The number of piperidine rings is 1. The first-order valence-corrected chi connectivity index (χ1v) is 11.4. The molecule has 1 fully saturated rings. The Hall–Kier alpha value is -3.31. The second-order valence-corrected chi connectivity index (χ2v) is 8.82. The molecule has 5 nitrogen and oxygen atoms in total. The highest BCUT2D eigenvalue weighted by Crippen LogP contribution is 2.35. The fraction of sp³-hybridized carbons (Fsp3) is 0.259. The van der Waals surface area contributed by atoms with E-state index >= 15 is 0 Å². The van der Waals surface area contributed by atoms with Crippen LogP contribution in [0.25, 0.3) is 0 Å². The number of anilines is 1. The number of methoxy groups -OCH3 is 1. The van der Waals surface area contributed by atoms with E-state index in [4.69, 9.17) is 16.3 Å². The average molecular weight is 463 g/mol. The van der Waals surface area contributed by atoms with Crippen molar-refractivity contribution in [2.75, 3.05) is 19.0 Å². The molecule has 1 aliphatic rings. The predicted molar refractivity (Wildman–Crippen MR) is 131 cm³/mol. The lowest BCUT2D eigenvalue weighted by Gasteiger charge is -2.39. The van der Waals surface area contributed by atoms with Gasteiger partial charge in [0.05, 0.1) is 19.1 Å². The van der Waals surface area contributed by atoms with E-state index in [1.54, 1.807) is 43.5 Å². The summed E-state index contributed by atoms with van der Waals surface area (Å²) in [6.45, 7) is 2.39. The van der Waals surface area contributed by atoms with Crippen LogP contribution < -0.4 is 10.1 Å². The number of hydrogen-bond donors (Lipinski definition) is 1. The van der Waals surface area contributed by atoms with E-state index in [1.165, 1.54) is 0 Å². The van der Waals surface area contributed by atoms with Gasteiger partial charge >= 0.3 is 0 Å². The first-order chi connectivity index (χ1) is 15.9. The van der Waals surface area contributed by atoms with E-state index in [0.29, 0.717) is 35.7 Å². The number of nitrogens with zero attached hydrogens (tertiary/aromatic N) is 1. The number of halogens is 1. The van der Waals surface area contributed by atoms with Crippen LogP contribution in [0.1, 0.15) is 40.4 Å². The molecular formula is C27H27ClN2O3. The van der Waals surface area contributed by atoms with Gasteiger partial charge in [-0.25, -0.2) is 0 Å². The number of carbonyl (C=O) groups excluding carboxylic acids is 2. The Morgan fingerprint density at radius 3 is 2.39 bits per heavy atom.